The fraction of sp³-hybridized carbons (Fsp3) is 0.385. The predicted octanol–water partition coefficient (Wildman–Crippen LogP) is 5.00. The van der Waals surface area contributed by atoms with Gasteiger partial charge in [0.2, 0.25) is 5.89 Å². The molecule has 0 aliphatic heterocycles. The van der Waals surface area contributed by atoms with Crippen molar-refractivity contribution in [1.29, 1.82) is 0 Å². The lowest BCUT2D eigenvalue weighted by atomic mass is 10.0. The van der Waals surface area contributed by atoms with Crippen LogP contribution >= 0.6 is 0 Å². The number of rotatable bonds is 10. The molecule has 4 rings (SSSR count). The Bertz CT molecular complexity index is 1210. The van der Waals surface area contributed by atoms with Crippen LogP contribution in [0.2, 0.25) is 0 Å². The van der Waals surface area contributed by atoms with E-state index in [1.54, 1.807) is 25.3 Å². The number of aromatic nitrogens is 1. The van der Waals surface area contributed by atoms with E-state index in [0.29, 0.717) is 29.6 Å². The number of ether oxygens (including phenoxy) is 2. The van der Waals surface area contributed by atoms with Crippen molar-refractivity contribution in [3.8, 4) is 23.0 Å². The molecule has 3 N–H and O–H groups in total. The van der Waals surface area contributed by atoms with Crippen molar-refractivity contribution >= 4 is 5.91 Å². The lowest BCUT2D eigenvalue weighted by Gasteiger charge is -2.14. The Labute approximate surface area is 202 Å². The SMILES string of the molecule is COc1ccc(-c2nc(C(=O)NCc3ccc(F)cc3F)c([C@@H](N)C(C)C)o2)cc1OCC1CC1. The van der Waals surface area contributed by atoms with E-state index in [-0.39, 0.29) is 35.4 Å². The molecule has 0 bridgehead atoms. The van der Waals surface area contributed by atoms with Crippen LogP contribution in [0.3, 0.4) is 0 Å². The number of benzene rings is 2. The first-order valence-corrected chi connectivity index (χ1v) is 11.6. The first kappa shape index (κ1) is 24.7. The summed E-state index contributed by atoms with van der Waals surface area (Å²) in [5, 5.41) is 2.62. The fourth-order valence-corrected chi connectivity index (χ4v) is 3.49. The van der Waals surface area contributed by atoms with E-state index >= 15 is 0 Å². The van der Waals surface area contributed by atoms with Crippen molar-refractivity contribution in [2.24, 2.45) is 17.6 Å². The maximum Gasteiger partial charge on any atom is 0.273 e. The molecule has 0 saturated heterocycles. The van der Waals surface area contributed by atoms with Crippen LogP contribution in [-0.2, 0) is 6.54 Å². The summed E-state index contributed by atoms with van der Waals surface area (Å²) in [7, 11) is 1.57. The number of nitrogens with two attached hydrogens (primary N) is 1. The van der Waals surface area contributed by atoms with E-state index in [1.165, 1.54) is 6.07 Å². The summed E-state index contributed by atoms with van der Waals surface area (Å²) in [6.07, 6.45) is 2.30. The van der Waals surface area contributed by atoms with E-state index in [2.05, 4.69) is 10.3 Å². The zero-order valence-electron chi connectivity index (χ0n) is 19.9. The highest BCUT2D eigenvalue weighted by Crippen LogP contribution is 2.36. The van der Waals surface area contributed by atoms with Crippen molar-refractivity contribution < 1.29 is 27.5 Å². The zero-order chi connectivity index (χ0) is 25.1. The third-order valence-corrected chi connectivity index (χ3v) is 5.93. The molecule has 2 aromatic carbocycles. The number of carbonyl (C=O) groups excluding carboxylic acids is 1. The number of methoxy groups -OCH3 is 1. The topological polar surface area (TPSA) is 99.6 Å². The van der Waals surface area contributed by atoms with Gasteiger partial charge in [-0.15, -0.1) is 0 Å². The van der Waals surface area contributed by atoms with Gasteiger partial charge in [-0.2, -0.15) is 0 Å². The first-order valence-electron chi connectivity index (χ1n) is 11.6. The van der Waals surface area contributed by atoms with Crippen LogP contribution in [0.5, 0.6) is 11.5 Å². The van der Waals surface area contributed by atoms with Gasteiger partial charge in [-0.3, -0.25) is 4.79 Å². The van der Waals surface area contributed by atoms with Gasteiger partial charge < -0.3 is 24.9 Å². The van der Waals surface area contributed by atoms with Gasteiger partial charge in [-0.05, 0) is 48.9 Å². The molecule has 1 fully saturated rings. The zero-order valence-corrected chi connectivity index (χ0v) is 19.9. The number of halogens is 2. The van der Waals surface area contributed by atoms with Crippen molar-refractivity contribution in [3.05, 3.63) is 65.1 Å². The molecule has 1 atom stereocenters. The van der Waals surface area contributed by atoms with Crippen LogP contribution < -0.4 is 20.5 Å². The number of carbonyl (C=O) groups is 1. The molecular formula is C26H29F2N3O4. The Kier molecular flexibility index (Phi) is 7.35. The second-order valence-electron chi connectivity index (χ2n) is 9.04. The van der Waals surface area contributed by atoms with E-state index < -0.39 is 23.6 Å². The molecule has 1 saturated carbocycles. The van der Waals surface area contributed by atoms with Gasteiger partial charge >= 0.3 is 0 Å². The van der Waals surface area contributed by atoms with E-state index in [9.17, 15) is 13.6 Å². The summed E-state index contributed by atoms with van der Waals surface area (Å²) >= 11 is 0. The minimum absolute atomic E-state index is 0.0139. The molecule has 1 amide bonds. The van der Waals surface area contributed by atoms with Crippen LogP contribution in [0.25, 0.3) is 11.5 Å². The third kappa shape index (κ3) is 5.79. The summed E-state index contributed by atoms with van der Waals surface area (Å²) in [6.45, 7) is 4.26. The Hall–Kier alpha value is -3.46. The van der Waals surface area contributed by atoms with Crippen LogP contribution in [-0.4, -0.2) is 24.6 Å². The Morgan fingerprint density at radius 1 is 1.20 bits per heavy atom. The van der Waals surface area contributed by atoms with Gasteiger partial charge in [0, 0.05) is 23.7 Å². The first-order chi connectivity index (χ1) is 16.8. The summed E-state index contributed by atoms with van der Waals surface area (Å²) in [4.78, 5) is 17.4. The summed E-state index contributed by atoms with van der Waals surface area (Å²) in [5.41, 5.74) is 7.07. The molecule has 35 heavy (non-hydrogen) atoms. The highest BCUT2D eigenvalue weighted by molar-refractivity contribution is 5.94. The van der Waals surface area contributed by atoms with Gasteiger partial charge in [0.1, 0.15) is 11.6 Å². The molecular weight excluding hydrogens is 456 g/mol. The Balaban J connectivity index is 1.61. The molecule has 0 spiro atoms. The number of nitrogens with zero attached hydrogens (tertiary/aromatic N) is 1. The quantitative estimate of drug-likeness (QED) is 0.419. The lowest BCUT2D eigenvalue weighted by Crippen LogP contribution is -2.27. The van der Waals surface area contributed by atoms with Crippen LogP contribution in [0, 0.1) is 23.5 Å². The number of amides is 1. The number of hydrogen-bond donors (Lipinski definition) is 2. The number of nitrogens with one attached hydrogen (secondary N) is 1. The van der Waals surface area contributed by atoms with Gasteiger partial charge in [0.25, 0.3) is 5.91 Å². The molecule has 186 valence electrons. The van der Waals surface area contributed by atoms with Gasteiger partial charge in [-0.25, -0.2) is 13.8 Å². The third-order valence-electron chi connectivity index (χ3n) is 5.93. The lowest BCUT2D eigenvalue weighted by molar-refractivity contribution is 0.0943. The van der Waals surface area contributed by atoms with Crippen molar-refractivity contribution in [1.82, 2.24) is 10.3 Å². The maximum atomic E-state index is 14.0. The van der Waals surface area contributed by atoms with Crippen molar-refractivity contribution in [2.45, 2.75) is 39.3 Å². The maximum absolute atomic E-state index is 14.0. The van der Waals surface area contributed by atoms with Crippen molar-refractivity contribution in [3.63, 3.8) is 0 Å². The molecule has 9 heteroatoms. The minimum atomic E-state index is -0.748. The average molecular weight is 486 g/mol. The Morgan fingerprint density at radius 3 is 2.63 bits per heavy atom. The summed E-state index contributed by atoms with van der Waals surface area (Å²) in [5.74, 6) is 0.0743. The van der Waals surface area contributed by atoms with Crippen LogP contribution in [0.1, 0.15) is 54.5 Å². The number of hydrogen-bond acceptors (Lipinski definition) is 6. The molecule has 1 aliphatic carbocycles. The van der Waals surface area contributed by atoms with Crippen LogP contribution in [0.4, 0.5) is 8.78 Å². The molecule has 1 aromatic heterocycles. The van der Waals surface area contributed by atoms with Gasteiger partial charge in [0.05, 0.1) is 19.8 Å². The largest absolute Gasteiger partial charge is 0.493 e. The normalized spacial score (nSPS) is 14.1. The van der Waals surface area contributed by atoms with Crippen molar-refractivity contribution in [2.75, 3.05) is 13.7 Å². The van der Waals surface area contributed by atoms with E-state index in [1.807, 2.05) is 13.8 Å². The number of oxazole rings is 1. The molecule has 7 nitrogen and oxygen atoms in total. The molecule has 0 radical (unpaired) electrons. The second-order valence-corrected chi connectivity index (χ2v) is 9.04. The smallest absolute Gasteiger partial charge is 0.273 e. The van der Waals surface area contributed by atoms with Gasteiger partial charge in [0.15, 0.2) is 23.0 Å². The van der Waals surface area contributed by atoms with Crippen LogP contribution in [0.15, 0.2) is 40.8 Å². The molecule has 3 aromatic rings. The minimum Gasteiger partial charge on any atom is -0.493 e. The second kappa shape index (κ2) is 10.4. The Morgan fingerprint density at radius 2 is 1.97 bits per heavy atom. The molecule has 0 unspecified atom stereocenters. The predicted molar refractivity (Wildman–Crippen MR) is 126 cm³/mol. The summed E-state index contributed by atoms with van der Waals surface area (Å²) in [6, 6.07) is 7.85. The summed E-state index contributed by atoms with van der Waals surface area (Å²) < 4.78 is 44.5. The van der Waals surface area contributed by atoms with E-state index in [4.69, 9.17) is 19.6 Å². The average Bonchev–Trinajstić information content (AvgIpc) is 3.56. The molecule has 1 heterocycles. The molecule has 1 aliphatic rings. The highest BCUT2D eigenvalue weighted by atomic mass is 19.1. The highest BCUT2D eigenvalue weighted by Gasteiger charge is 2.28. The standard InChI is InChI=1S/C26H29F2N3O4/c1-14(2)22(29)24-23(25(32)30-12-17-6-8-18(27)11-19(17)28)31-26(35-24)16-7-9-20(33-3)21(10-16)34-13-15-4-5-15/h6-11,14-15,22H,4-5,12-13,29H2,1-3H3,(H,30,32)/t22-/m0/s1. The van der Waals surface area contributed by atoms with E-state index in [0.717, 1.165) is 25.0 Å². The fourth-order valence-electron chi connectivity index (χ4n) is 3.49. The van der Waals surface area contributed by atoms with Gasteiger partial charge in [-0.1, -0.05) is 19.9 Å². The monoisotopic (exact) mass is 485 g/mol.